The van der Waals surface area contributed by atoms with Gasteiger partial charge < -0.3 is 14.5 Å². The van der Waals surface area contributed by atoms with E-state index in [-0.39, 0.29) is 12.5 Å². The Hall–Kier alpha value is -2.83. The zero-order valence-corrected chi connectivity index (χ0v) is 14.5. The first-order valence-corrected chi connectivity index (χ1v) is 8.16. The summed E-state index contributed by atoms with van der Waals surface area (Å²) in [5, 5.41) is 5.59. The van der Waals surface area contributed by atoms with Gasteiger partial charge in [0, 0.05) is 24.1 Å². The maximum absolute atomic E-state index is 11.7. The first kappa shape index (κ1) is 18.5. The first-order valence-electron chi connectivity index (χ1n) is 8.16. The Balaban J connectivity index is 1.98. The van der Waals surface area contributed by atoms with E-state index < -0.39 is 17.6 Å². The van der Waals surface area contributed by atoms with Crippen molar-refractivity contribution in [1.82, 2.24) is 10.6 Å². The second kappa shape index (κ2) is 8.32. The molecule has 2 aromatic rings. The lowest BCUT2D eigenvalue weighted by Crippen LogP contribution is -2.42. The molecule has 0 atom stereocenters. The van der Waals surface area contributed by atoms with Crippen molar-refractivity contribution in [3.63, 3.8) is 0 Å². The van der Waals surface area contributed by atoms with Crippen LogP contribution in [0.3, 0.4) is 0 Å². The van der Waals surface area contributed by atoms with E-state index in [9.17, 15) is 14.4 Å². The number of hydrogen-bond donors (Lipinski definition) is 2. The van der Waals surface area contributed by atoms with Gasteiger partial charge in [-0.25, -0.2) is 9.59 Å². The van der Waals surface area contributed by atoms with E-state index in [1.807, 2.05) is 20.8 Å². The van der Waals surface area contributed by atoms with Gasteiger partial charge in [0.25, 0.3) is 5.91 Å². The second-order valence-corrected chi connectivity index (χ2v) is 6.04. The summed E-state index contributed by atoms with van der Waals surface area (Å²) in [4.78, 5) is 34.8. The molecule has 1 heterocycles. The number of carbonyl (C=O) groups excluding carboxylic acids is 2. The number of aryl methyl sites for hydroxylation is 1. The summed E-state index contributed by atoms with van der Waals surface area (Å²) in [5.74, 6) is 0.101. The zero-order valence-electron chi connectivity index (χ0n) is 14.5. The topological polar surface area (TPSA) is 97.6 Å². The van der Waals surface area contributed by atoms with E-state index in [2.05, 4.69) is 10.6 Å². The molecule has 7 nitrogen and oxygen atoms in total. The number of benzene rings is 1. The molecule has 0 aliphatic heterocycles. The molecule has 2 N–H and O–H groups in total. The standard InChI is InChI=1S/C18H22N2O5/c1-4-12-7-17(22)25-15-8-13(5-6-14(12)15)24-10-16(21)20-18(23)19-9-11(2)3/h5-8,11H,4,9-10H2,1-3H3,(H2,19,20,21,23). The van der Waals surface area contributed by atoms with Gasteiger partial charge in [-0.1, -0.05) is 20.8 Å². The lowest BCUT2D eigenvalue weighted by atomic mass is 10.1. The summed E-state index contributed by atoms with van der Waals surface area (Å²) in [6.07, 6.45) is 0.705. The molecule has 1 aromatic heterocycles. The van der Waals surface area contributed by atoms with E-state index in [0.29, 0.717) is 24.3 Å². The SMILES string of the molecule is CCc1cc(=O)oc2cc(OCC(=O)NC(=O)NCC(C)C)ccc12. The summed E-state index contributed by atoms with van der Waals surface area (Å²) < 4.78 is 10.5. The van der Waals surface area contributed by atoms with Crippen molar-refractivity contribution < 1.29 is 18.7 Å². The molecule has 2 rings (SSSR count). The monoisotopic (exact) mass is 346 g/mol. The predicted octanol–water partition coefficient (Wildman–Crippen LogP) is 2.22. The number of urea groups is 1. The van der Waals surface area contributed by atoms with Crippen LogP contribution in [0.15, 0.2) is 33.5 Å². The molecule has 0 saturated heterocycles. The van der Waals surface area contributed by atoms with Crippen LogP contribution in [0.5, 0.6) is 5.75 Å². The highest BCUT2D eigenvalue weighted by atomic mass is 16.5. The lowest BCUT2D eigenvalue weighted by molar-refractivity contribution is -0.122. The van der Waals surface area contributed by atoms with Crippen LogP contribution in [0, 0.1) is 5.92 Å². The van der Waals surface area contributed by atoms with E-state index in [1.165, 1.54) is 6.07 Å². The Labute approximate surface area is 145 Å². The Morgan fingerprint density at radius 2 is 2.00 bits per heavy atom. The highest BCUT2D eigenvalue weighted by molar-refractivity contribution is 5.95. The van der Waals surface area contributed by atoms with Crippen molar-refractivity contribution in [1.29, 1.82) is 0 Å². The fourth-order valence-corrected chi connectivity index (χ4v) is 2.25. The molecule has 0 unspecified atom stereocenters. The van der Waals surface area contributed by atoms with Gasteiger partial charge in [0.05, 0.1) is 0 Å². The highest BCUT2D eigenvalue weighted by Crippen LogP contribution is 2.22. The molecule has 1 aromatic carbocycles. The minimum absolute atomic E-state index is 0.289. The van der Waals surface area contributed by atoms with E-state index in [4.69, 9.17) is 9.15 Å². The molecule has 0 aliphatic rings. The van der Waals surface area contributed by atoms with Gasteiger partial charge in [0.15, 0.2) is 6.61 Å². The molecular formula is C18H22N2O5. The zero-order chi connectivity index (χ0) is 18.4. The molecule has 0 saturated carbocycles. The van der Waals surface area contributed by atoms with Crippen molar-refractivity contribution in [2.24, 2.45) is 5.92 Å². The maximum Gasteiger partial charge on any atom is 0.336 e. The fourth-order valence-electron chi connectivity index (χ4n) is 2.25. The van der Waals surface area contributed by atoms with Crippen molar-refractivity contribution >= 4 is 22.9 Å². The number of carbonyl (C=O) groups is 2. The van der Waals surface area contributed by atoms with Crippen LogP contribution in [-0.4, -0.2) is 25.1 Å². The molecule has 0 radical (unpaired) electrons. The number of rotatable bonds is 6. The smallest absolute Gasteiger partial charge is 0.336 e. The molecular weight excluding hydrogens is 324 g/mol. The molecule has 0 spiro atoms. The largest absolute Gasteiger partial charge is 0.484 e. The lowest BCUT2D eigenvalue weighted by Gasteiger charge is -2.10. The Morgan fingerprint density at radius 3 is 2.68 bits per heavy atom. The predicted molar refractivity (Wildman–Crippen MR) is 93.7 cm³/mol. The second-order valence-electron chi connectivity index (χ2n) is 6.04. The van der Waals surface area contributed by atoms with Crippen LogP contribution in [0.4, 0.5) is 4.79 Å². The van der Waals surface area contributed by atoms with Crippen LogP contribution < -0.4 is 21.0 Å². The van der Waals surface area contributed by atoms with Gasteiger partial charge in [0.1, 0.15) is 11.3 Å². The summed E-state index contributed by atoms with van der Waals surface area (Å²) in [7, 11) is 0. The van der Waals surface area contributed by atoms with E-state index in [0.717, 1.165) is 10.9 Å². The van der Waals surface area contributed by atoms with Crippen LogP contribution in [0.2, 0.25) is 0 Å². The van der Waals surface area contributed by atoms with Crippen LogP contribution in [0.25, 0.3) is 11.0 Å². The van der Waals surface area contributed by atoms with E-state index >= 15 is 0 Å². The van der Waals surface area contributed by atoms with Crippen LogP contribution in [-0.2, 0) is 11.2 Å². The minimum Gasteiger partial charge on any atom is -0.484 e. The molecule has 134 valence electrons. The van der Waals surface area contributed by atoms with Crippen molar-refractivity contribution in [3.05, 3.63) is 40.2 Å². The third kappa shape index (κ3) is 5.34. The van der Waals surface area contributed by atoms with Gasteiger partial charge in [-0.3, -0.25) is 10.1 Å². The van der Waals surface area contributed by atoms with Gasteiger partial charge >= 0.3 is 11.7 Å². The number of fused-ring (bicyclic) bond motifs is 1. The van der Waals surface area contributed by atoms with Crippen molar-refractivity contribution in [2.75, 3.05) is 13.2 Å². The normalized spacial score (nSPS) is 10.7. The molecule has 0 fully saturated rings. The summed E-state index contributed by atoms with van der Waals surface area (Å²) in [6, 6.07) is 5.93. The maximum atomic E-state index is 11.7. The van der Waals surface area contributed by atoms with E-state index in [1.54, 1.807) is 18.2 Å². The minimum atomic E-state index is -0.565. The Bertz CT molecular complexity index is 826. The number of imide groups is 1. The molecule has 25 heavy (non-hydrogen) atoms. The van der Waals surface area contributed by atoms with Gasteiger partial charge in [0.2, 0.25) is 0 Å². The van der Waals surface area contributed by atoms with Crippen molar-refractivity contribution in [3.8, 4) is 5.75 Å². The van der Waals surface area contributed by atoms with Crippen LogP contribution >= 0.6 is 0 Å². The van der Waals surface area contributed by atoms with Gasteiger partial charge in [-0.2, -0.15) is 0 Å². The van der Waals surface area contributed by atoms with Crippen molar-refractivity contribution in [2.45, 2.75) is 27.2 Å². The Morgan fingerprint density at radius 1 is 1.24 bits per heavy atom. The molecule has 3 amide bonds. The third-order valence-corrected chi connectivity index (χ3v) is 3.48. The Kier molecular flexibility index (Phi) is 6.16. The molecule has 7 heteroatoms. The van der Waals surface area contributed by atoms with Gasteiger partial charge in [-0.05, 0) is 30.0 Å². The summed E-state index contributed by atoms with van der Waals surface area (Å²) >= 11 is 0. The molecule has 0 bridgehead atoms. The number of nitrogens with one attached hydrogen (secondary N) is 2. The average Bonchev–Trinajstić information content (AvgIpc) is 2.57. The first-order chi connectivity index (χ1) is 11.9. The fraction of sp³-hybridized carbons (Fsp3) is 0.389. The summed E-state index contributed by atoms with van der Waals surface area (Å²) in [5.41, 5.74) is 0.857. The average molecular weight is 346 g/mol. The number of amides is 3. The highest BCUT2D eigenvalue weighted by Gasteiger charge is 2.10. The number of hydrogen-bond acceptors (Lipinski definition) is 5. The van der Waals surface area contributed by atoms with Gasteiger partial charge in [-0.15, -0.1) is 0 Å². The third-order valence-electron chi connectivity index (χ3n) is 3.48. The number of ether oxygens (including phenoxy) is 1. The summed E-state index contributed by atoms with van der Waals surface area (Å²) in [6.45, 7) is 6.01. The molecule has 0 aliphatic carbocycles. The quantitative estimate of drug-likeness (QED) is 0.782. The van der Waals surface area contributed by atoms with Crippen LogP contribution in [0.1, 0.15) is 26.3 Å².